The average molecular weight is 1320 g/mol. The fourth-order valence-corrected chi connectivity index (χ4v) is 11.1. The Morgan fingerprint density at radius 3 is 0.524 bits per heavy atom. The van der Waals surface area contributed by atoms with Gasteiger partial charge in [-0.3, -0.25) is 0 Å². The van der Waals surface area contributed by atoms with E-state index in [2.05, 4.69) is 0 Å². The first-order valence-electron chi connectivity index (χ1n) is 20.6. The van der Waals surface area contributed by atoms with Crippen molar-refractivity contribution in [3.05, 3.63) is 108 Å². The Hall–Kier alpha value is -5.14. The van der Waals surface area contributed by atoms with Gasteiger partial charge in [0.1, 0.15) is 0 Å². The first-order chi connectivity index (χ1) is 36.5. The topological polar surface area (TPSA) is 0 Å². The van der Waals surface area contributed by atoms with E-state index in [0.29, 0.717) is 53.5 Å². The number of benzene rings is 2. The van der Waals surface area contributed by atoms with Crippen molar-refractivity contribution in [2.75, 3.05) is 0 Å². The summed E-state index contributed by atoms with van der Waals surface area (Å²) in [6, 6.07) is 12.5. The zero-order chi connectivity index (χ0) is 63.1. The van der Waals surface area contributed by atoms with E-state index in [4.69, 9.17) is 0 Å². The summed E-state index contributed by atoms with van der Waals surface area (Å²) < 4.78 is 469. The molecule has 0 atom stereocenters. The summed E-state index contributed by atoms with van der Waals surface area (Å²) in [6.07, 6.45) is -15.8. The number of hydrogen-bond acceptors (Lipinski definition) is 4. The van der Waals surface area contributed by atoms with E-state index in [1.807, 2.05) is 0 Å². The number of alkyl halides is 34. The van der Waals surface area contributed by atoms with Crippen molar-refractivity contribution in [3.8, 4) is 50.1 Å². The Balaban J connectivity index is 1.16. The SMILES string of the molecule is FC(F)(F)C(F)(F)C(F)(F)C(F)(F)C(F)(F)C(F)(F)C(F)(F)C(F)(F)c1ccc(-c2ccc(-c3ccc(-c4ccc(-c5ccc(-c6ccc(C(F)(F)C(F)(F)C(F)(F)C(F)(F)C(F)(F)C(F)(F)C(F)(F)C(F)(F)F)cc6)s5)s4)s3)s2)cc1. The van der Waals surface area contributed by atoms with E-state index in [9.17, 15) is 149 Å². The van der Waals surface area contributed by atoms with Crippen LogP contribution in [0.25, 0.3) is 50.1 Å². The van der Waals surface area contributed by atoms with Crippen LogP contribution in [0.15, 0.2) is 97.1 Å². The first kappa shape index (κ1) is 66.0. The zero-order valence-electron chi connectivity index (χ0n) is 37.7. The summed E-state index contributed by atoms with van der Waals surface area (Å²) in [5, 5.41) is 0. The van der Waals surface area contributed by atoms with Crippen LogP contribution in [0.5, 0.6) is 0 Å². The first-order valence-corrected chi connectivity index (χ1v) is 23.9. The molecule has 0 amide bonds. The van der Waals surface area contributed by atoms with Crippen LogP contribution in [-0.4, -0.2) is 83.4 Å². The van der Waals surface area contributed by atoms with E-state index < -0.39 is 106 Å². The van der Waals surface area contributed by atoms with E-state index in [-0.39, 0.29) is 45.1 Å². The molecule has 82 heavy (non-hydrogen) atoms. The molecule has 4 heterocycles. The minimum Gasteiger partial charge on any atom is -0.194 e. The molecule has 0 unspecified atom stereocenters. The molecule has 0 N–H and O–H groups in total. The molecule has 4 aromatic heterocycles. The molecule has 6 rings (SSSR count). The highest BCUT2D eigenvalue weighted by Crippen LogP contribution is 2.67. The smallest absolute Gasteiger partial charge is 0.194 e. The zero-order valence-corrected chi connectivity index (χ0v) is 41.0. The van der Waals surface area contributed by atoms with Crippen molar-refractivity contribution in [2.24, 2.45) is 0 Å². The van der Waals surface area contributed by atoms with Crippen LogP contribution in [0.2, 0.25) is 0 Å². The third-order valence-corrected chi connectivity index (χ3v) is 16.7. The molecule has 0 fully saturated rings. The van der Waals surface area contributed by atoms with Gasteiger partial charge >= 0.3 is 95.3 Å². The second-order valence-corrected chi connectivity index (χ2v) is 21.2. The van der Waals surface area contributed by atoms with Crippen LogP contribution in [-0.2, 0) is 11.8 Å². The summed E-state index contributed by atoms with van der Waals surface area (Å²) in [5.41, 5.74) is -5.30. The van der Waals surface area contributed by atoms with Gasteiger partial charge in [0, 0.05) is 50.1 Å². The van der Waals surface area contributed by atoms with Gasteiger partial charge in [-0.05, 0) is 59.7 Å². The summed E-state index contributed by atoms with van der Waals surface area (Å²) in [4.78, 5) is 2.63. The highest BCUT2D eigenvalue weighted by molar-refractivity contribution is 7.29. The molecular formula is C44H16F34S4. The highest BCUT2D eigenvalue weighted by Gasteiger charge is 2.97. The standard InChI is InChI=1S/C44H16F34S4/c45-29(46,31(49,50)33(53,54)35(57,58)37(61,62)39(65,66)41(69,70)43(73,74)75)19-5-1-17(2-6-19)21-9-11-23(79-21)25-13-15-27(81-25)28-16-14-26(82-28)24-12-10-22(80-24)18-3-7-20(8-4-18)30(47,48)32(51,52)34(55,56)36(59,60)38(63,64)40(67,68)42(71,72)44(76,77)78/h1-16H. The van der Waals surface area contributed by atoms with Crippen LogP contribution in [0.4, 0.5) is 149 Å². The highest BCUT2D eigenvalue weighted by atomic mass is 32.1. The lowest BCUT2D eigenvalue weighted by atomic mass is 9.87. The number of hydrogen-bond donors (Lipinski definition) is 0. The summed E-state index contributed by atoms with van der Waals surface area (Å²) in [6.45, 7) is 0. The van der Waals surface area contributed by atoms with E-state index in [0.717, 1.165) is 45.3 Å². The summed E-state index contributed by atoms with van der Waals surface area (Å²) in [7, 11) is 0. The second kappa shape index (κ2) is 19.7. The minimum absolute atomic E-state index is 0.0468. The van der Waals surface area contributed by atoms with E-state index in [1.54, 1.807) is 0 Å². The van der Waals surface area contributed by atoms with Crippen LogP contribution in [0.1, 0.15) is 11.1 Å². The fraction of sp³-hybridized carbons (Fsp3) is 0.364. The van der Waals surface area contributed by atoms with Crippen molar-refractivity contribution < 1.29 is 149 Å². The third kappa shape index (κ3) is 9.36. The van der Waals surface area contributed by atoms with E-state index >= 15 is 0 Å². The Morgan fingerprint density at radius 2 is 0.329 bits per heavy atom. The molecule has 0 spiro atoms. The van der Waals surface area contributed by atoms with Crippen LogP contribution >= 0.6 is 45.3 Å². The maximum absolute atomic E-state index is 14.9. The molecule has 6 aromatic rings. The van der Waals surface area contributed by atoms with Gasteiger partial charge in [0.05, 0.1) is 0 Å². The minimum atomic E-state index is -8.79. The molecule has 0 aliphatic carbocycles. The molecule has 454 valence electrons. The van der Waals surface area contributed by atoms with Gasteiger partial charge < -0.3 is 0 Å². The summed E-state index contributed by atoms with van der Waals surface area (Å²) in [5.74, 6) is -116. The number of thiophene rings is 4. The van der Waals surface area contributed by atoms with Gasteiger partial charge in [-0.1, -0.05) is 48.5 Å². The van der Waals surface area contributed by atoms with Crippen LogP contribution in [0, 0.1) is 0 Å². The van der Waals surface area contributed by atoms with Crippen LogP contribution in [0.3, 0.4) is 0 Å². The van der Waals surface area contributed by atoms with Crippen molar-refractivity contribution in [2.45, 2.75) is 95.3 Å². The lowest BCUT2D eigenvalue weighted by Crippen LogP contribution is -2.74. The van der Waals surface area contributed by atoms with Gasteiger partial charge in [0.15, 0.2) is 0 Å². The molecule has 2 aromatic carbocycles. The van der Waals surface area contributed by atoms with Gasteiger partial charge in [-0.2, -0.15) is 149 Å². The monoisotopic (exact) mass is 1320 g/mol. The molecule has 0 aliphatic heterocycles. The lowest BCUT2D eigenvalue weighted by Gasteiger charge is -2.42. The number of halogens is 34. The maximum Gasteiger partial charge on any atom is 0.460 e. The molecule has 0 aliphatic rings. The predicted octanol–water partition coefficient (Wildman–Crippen LogP) is 21.2. The van der Waals surface area contributed by atoms with Gasteiger partial charge in [0.2, 0.25) is 0 Å². The molecule has 0 bridgehead atoms. The largest absolute Gasteiger partial charge is 0.460 e. The quantitative estimate of drug-likeness (QED) is 0.0709. The van der Waals surface area contributed by atoms with Gasteiger partial charge in [-0.25, -0.2) is 0 Å². The fourth-order valence-electron chi connectivity index (χ4n) is 6.83. The Kier molecular flexibility index (Phi) is 15.9. The molecular weight excluding hydrogens is 1300 g/mol. The normalized spacial score (nSPS) is 15.2. The Labute approximate surface area is 447 Å². The molecule has 38 heteroatoms. The van der Waals surface area contributed by atoms with Crippen molar-refractivity contribution >= 4 is 45.3 Å². The Morgan fingerprint density at radius 1 is 0.171 bits per heavy atom. The lowest BCUT2D eigenvalue weighted by molar-refractivity contribution is -0.462. The van der Waals surface area contributed by atoms with E-state index in [1.165, 1.54) is 48.5 Å². The molecule has 0 saturated heterocycles. The Bertz CT molecular complexity index is 3040. The van der Waals surface area contributed by atoms with Crippen molar-refractivity contribution in [1.29, 1.82) is 0 Å². The summed E-state index contributed by atoms with van der Waals surface area (Å²) >= 11 is 3.73. The maximum atomic E-state index is 14.9. The van der Waals surface area contributed by atoms with Gasteiger partial charge in [0.25, 0.3) is 0 Å². The second-order valence-electron chi connectivity index (χ2n) is 16.8. The molecule has 0 nitrogen and oxygen atoms in total. The number of rotatable bonds is 19. The predicted molar refractivity (Wildman–Crippen MR) is 224 cm³/mol. The van der Waals surface area contributed by atoms with Gasteiger partial charge in [-0.15, -0.1) is 45.3 Å². The van der Waals surface area contributed by atoms with Crippen molar-refractivity contribution in [3.63, 3.8) is 0 Å². The molecule has 0 saturated carbocycles. The van der Waals surface area contributed by atoms with Crippen molar-refractivity contribution in [1.82, 2.24) is 0 Å². The average Bonchev–Trinajstić information content (AvgIpc) is 1.50. The van der Waals surface area contributed by atoms with Crippen LogP contribution < -0.4 is 0 Å². The third-order valence-electron chi connectivity index (χ3n) is 11.7. The molecule has 0 radical (unpaired) electrons.